The average Bonchev–Trinajstić information content (AvgIpc) is 2.50. The molecule has 1 aromatic rings. The molecule has 1 fully saturated rings. The Bertz CT molecular complexity index is 334. The van der Waals surface area contributed by atoms with E-state index in [1.165, 1.54) is 0 Å². The second-order valence-electron chi connectivity index (χ2n) is 4.61. The first-order valence-corrected chi connectivity index (χ1v) is 5.34. The van der Waals surface area contributed by atoms with Gasteiger partial charge in [-0.15, -0.1) is 0 Å². The molecule has 1 N–H and O–H groups in total. The van der Waals surface area contributed by atoms with E-state index in [4.69, 9.17) is 0 Å². The Hall–Kier alpha value is -0.940. The molecule has 0 spiro atoms. The number of β-amino-alcohol motifs (C(OH)–C–C–N with tert-alkyl or cyclic N) is 1. The van der Waals surface area contributed by atoms with Gasteiger partial charge in [0.25, 0.3) is 0 Å². The van der Waals surface area contributed by atoms with E-state index in [0.29, 0.717) is 0 Å². The number of rotatable bonds is 2. The fourth-order valence-electron chi connectivity index (χ4n) is 2.12. The van der Waals surface area contributed by atoms with Crippen LogP contribution in [-0.4, -0.2) is 43.5 Å². The van der Waals surface area contributed by atoms with Crippen LogP contribution in [0.25, 0.3) is 0 Å². The molecule has 1 aliphatic heterocycles. The van der Waals surface area contributed by atoms with E-state index in [-0.39, 0.29) is 0 Å². The summed E-state index contributed by atoms with van der Waals surface area (Å²) in [4.78, 5) is 6.42. The second kappa shape index (κ2) is 3.90. The van der Waals surface area contributed by atoms with Crippen molar-refractivity contribution in [1.29, 1.82) is 0 Å². The Kier molecular flexibility index (Phi) is 2.75. The van der Waals surface area contributed by atoms with E-state index in [2.05, 4.69) is 15.0 Å². The highest BCUT2D eigenvalue weighted by Gasteiger charge is 2.28. The first-order valence-electron chi connectivity index (χ1n) is 5.34. The van der Waals surface area contributed by atoms with Gasteiger partial charge in [0.15, 0.2) is 0 Å². The molecule has 1 unspecified atom stereocenters. The maximum atomic E-state index is 9.96. The summed E-state index contributed by atoms with van der Waals surface area (Å²) < 4.78 is 1.78. The Labute approximate surface area is 89.7 Å². The standard InChI is InChI=1S/C10H18N4O/c1-10(15)4-3-5-14(7-10)6-9-11-8-12-13(9)2/h8,15H,3-7H2,1-2H3. The van der Waals surface area contributed by atoms with Crippen LogP contribution in [-0.2, 0) is 13.6 Å². The molecule has 2 rings (SSSR count). The summed E-state index contributed by atoms with van der Waals surface area (Å²) in [5.74, 6) is 0.952. The van der Waals surface area contributed by atoms with Crippen molar-refractivity contribution in [2.45, 2.75) is 31.9 Å². The number of likely N-dealkylation sites (tertiary alicyclic amines) is 1. The molecule has 1 aliphatic rings. The van der Waals surface area contributed by atoms with Crippen molar-refractivity contribution >= 4 is 0 Å². The molecule has 0 radical (unpaired) electrons. The summed E-state index contributed by atoms with van der Waals surface area (Å²) in [6, 6.07) is 0. The Morgan fingerprint density at radius 3 is 3.00 bits per heavy atom. The summed E-state index contributed by atoms with van der Waals surface area (Å²) >= 11 is 0. The first kappa shape index (κ1) is 10.6. The summed E-state index contributed by atoms with van der Waals surface area (Å²) in [7, 11) is 1.89. The normalized spacial score (nSPS) is 28.2. The minimum Gasteiger partial charge on any atom is -0.389 e. The van der Waals surface area contributed by atoms with E-state index in [9.17, 15) is 5.11 Å². The van der Waals surface area contributed by atoms with Gasteiger partial charge >= 0.3 is 0 Å². The predicted octanol–water partition coefficient (Wildman–Crippen LogP) is 0.162. The third kappa shape index (κ3) is 2.54. The van der Waals surface area contributed by atoms with Gasteiger partial charge in [-0.3, -0.25) is 9.58 Å². The Morgan fingerprint density at radius 2 is 2.40 bits per heavy atom. The molecule has 0 aliphatic carbocycles. The number of aliphatic hydroxyl groups is 1. The topological polar surface area (TPSA) is 54.2 Å². The van der Waals surface area contributed by atoms with Gasteiger partial charge in [-0.25, -0.2) is 4.98 Å². The third-order valence-corrected chi connectivity index (χ3v) is 2.92. The van der Waals surface area contributed by atoms with Gasteiger partial charge in [0.05, 0.1) is 12.1 Å². The number of hydrogen-bond acceptors (Lipinski definition) is 4. The van der Waals surface area contributed by atoms with Gasteiger partial charge in [0.2, 0.25) is 0 Å². The molecular weight excluding hydrogens is 192 g/mol. The molecule has 0 amide bonds. The fourth-order valence-corrected chi connectivity index (χ4v) is 2.12. The summed E-state index contributed by atoms with van der Waals surface area (Å²) in [6.07, 6.45) is 3.50. The second-order valence-corrected chi connectivity index (χ2v) is 4.61. The van der Waals surface area contributed by atoms with Crippen LogP contribution in [0.2, 0.25) is 0 Å². The lowest BCUT2D eigenvalue weighted by molar-refractivity contribution is -0.0191. The van der Waals surface area contributed by atoms with Crippen LogP contribution in [0.5, 0.6) is 0 Å². The van der Waals surface area contributed by atoms with Crippen molar-refractivity contribution in [2.24, 2.45) is 7.05 Å². The Morgan fingerprint density at radius 1 is 1.60 bits per heavy atom. The zero-order valence-electron chi connectivity index (χ0n) is 9.35. The summed E-state index contributed by atoms with van der Waals surface area (Å²) in [6.45, 7) is 4.42. The van der Waals surface area contributed by atoms with Gasteiger partial charge in [-0.1, -0.05) is 0 Å². The minimum absolute atomic E-state index is 0.545. The summed E-state index contributed by atoms with van der Waals surface area (Å²) in [5, 5.41) is 14.0. The van der Waals surface area contributed by atoms with Crippen LogP contribution < -0.4 is 0 Å². The van der Waals surface area contributed by atoms with E-state index in [1.807, 2.05) is 14.0 Å². The van der Waals surface area contributed by atoms with Crippen molar-refractivity contribution in [3.63, 3.8) is 0 Å². The zero-order valence-corrected chi connectivity index (χ0v) is 9.35. The number of nitrogens with zero attached hydrogens (tertiary/aromatic N) is 4. The van der Waals surface area contributed by atoms with Crippen LogP contribution in [0.15, 0.2) is 6.33 Å². The molecule has 84 valence electrons. The van der Waals surface area contributed by atoms with Crippen molar-refractivity contribution in [2.75, 3.05) is 13.1 Å². The molecule has 15 heavy (non-hydrogen) atoms. The number of piperidine rings is 1. The van der Waals surface area contributed by atoms with Gasteiger partial charge in [-0.2, -0.15) is 5.10 Å². The van der Waals surface area contributed by atoms with Gasteiger partial charge in [0, 0.05) is 13.6 Å². The lowest BCUT2D eigenvalue weighted by atomic mass is 9.95. The van der Waals surface area contributed by atoms with Crippen LogP contribution in [0.1, 0.15) is 25.6 Å². The molecule has 0 bridgehead atoms. The zero-order chi connectivity index (χ0) is 10.9. The molecule has 0 aromatic carbocycles. The van der Waals surface area contributed by atoms with E-state index in [0.717, 1.165) is 38.3 Å². The van der Waals surface area contributed by atoms with Crippen molar-refractivity contribution in [3.05, 3.63) is 12.2 Å². The number of aromatic nitrogens is 3. The molecule has 1 atom stereocenters. The van der Waals surface area contributed by atoms with E-state index >= 15 is 0 Å². The van der Waals surface area contributed by atoms with Crippen molar-refractivity contribution in [1.82, 2.24) is 19.7 Å². The molecular formula is C10H18N4O. The van der Waals surface area contributed by atoms with Crippen LogP contribution >= 0.6 is 0 Å². The SMILES string of the molecule is Cn1ncnc1CN1CCCC(C)(O)C1. The maximum Gasteiger partial charge on any atom is 0.140 e. The van der Waals surface area contributed by atoms with Crippen LogP contribution in [0.4, 0.5) is 0 Å². The molecule has 1 aromatic heterocycles. The Balaban J connectivity index is 1.98. The lowest BCUT2D eigenvalue weighted by Gasteiger charge is -2.36. The highest BCUT2D eigenvalue weighted by atomic mass is 16.3. The predicted molar refractivity (Wildman–Crippen MR) is 56.1 cm³/mol. The molecule has 1 saturated heterocycles. The van der Waals surface area contributed by atoms with Gasteiger partial charge in [-0.05, 0) is 26.3 Å². The maximum absolute atomic E-state index is 9.96. The largest absolute Gasteiger partial charge is 0.389 e. The summed E-state index contributed by atoms with van der Waals surface area (Å²) in [5.41, 5.74) is -0.545. The first-order chi connectivity index (χ1) is 7.07. The minimum atomic E-state index is -0.545. The smallest absolute Gasteiger partial charge is 0.140 e. The van der Waals surface area contributed by atoms with Crippen LogP contribution in [0.3, 0.4) is 0 Å². The van der Waals surface area contributed by atoms with E-state index in [1.54, 1.807) is 11.0 Å². The van der Waals surface area contributed by atoms with Crippen molar-refractivity contribution < 1.29 is 5.11 Å². The van der Waals surface area contributed by atoms with Gasteiger partial charge < -0.3 is 5.11 Å². The van der Waals surface area contributed by atoms with Crippen LogP contribution in [0, 0.1) is 0 Å². The molecule has 5 heteroatoms. The number of hydrogen-bond donors (Lipinski definition) is 1. The monoisotopic (exact) mass is 210 g/mol. The lowest BCUT2D eigenvalue weighted by Crippen LogP contribution is -2.45. The molecule has 5 nitrogen and oxygen atoms in total. The fraction of sp³-hybridized carbons (Fsp3) is 0.800. The quantitative estimate of drug-likeness (QED) is 0.755. The highest BCUT2D eigenvalue weighted by molar-refractivity contribution is 4.88. The van der Waals surface area contributed by atoms with Crippen molar-refractivity contribution in [3.8, 4) is 0 Å². The number of aryl methyl sites for hydroxylation is 1. The molecule has 2 heterocycles. The van der Waals surface area contributed by atoms with E-state index < -0.39 is 5.60 Å². The molecule has 0 saturated carbocycles. The highest BCUT2D eigenvalue weighted by Crippen LogP contribution is 2.21. The third-order valence-electron chi connectivity index (χ3n) is 2.92. The average molecular weight is 210 g/mol. The van der Waals surface area contributed by atoms with Gasteiger partial charge in [0.1, 0.15) is 12.2 Å².